The number of nitrogens with zero attached hydrogens (tertiary/aromatic N) is 1. The fourth-order valence-corrected chi connectivity index (χ4v) is 2.75. The molecule has 1 aliphatic heterocycles. The lowest BCUT2D eigenvalue weighted by Gasteiger charge is -2.03. The molecule has 4 heteroatoms. The number of ether oxygens (including phenoxy) is 1. The average molecular weight is 227 g/mol. The van der Waals surface area contributed by atoms with E-state index in [-0.39, 0.29) is 6.10 Å². The monoisotopic (exact) mass is 227 g/mol. The lowest BCUT2D eigenvalue weighted by atomic mass is 10.1. The summed E-state index contributed by atoms with van der Waals surface area (Å²) in [6.07, 6.45) is 2.56. The fourth-order valence-electron chi connectivity index (χ4n) is 1.83. The van der Waals surface area contributed by atoms with Crippen LogP contribution in [0.1, 0.15) is 24.0 Å². The first-order valence-corrected chi connectivity index (χ1v) is 6.31. The molecule has 2 atom stereocenters. The van der Waals surface area contributed by atoms with Crippen LogP contribution in [0, 0.1) is 5.92 Å². The Kier molecular flexibility index (Phi) is 3.72. The highest BCUT2D eigenvalue weighted by Crippen LogP contribution is 2.21. The number of rotatable bonds is 4. The van der Waals surface area contributed by atoms with E-state index in [9.17, 15) is 5.11 Å². The van der Waals surface area contributed by atoms with Gasteiger partial charge in [-0.3, -0.25) is 0 Å². The molecule has 0 aliphatic carbocycles. The molecular formula is C11H17NO2S. The van der Waals surface area contributed by atoms with E-state index < -0.39 is 0 Å². The SMILES string of the molecule is CC(O)Cc1csc(CC2CCOC2)n1. The molecule has 0 aromatic carbocycles. The summed E-state index contributed by atoms with van der Waals surface area (Å²) in [5.41, 5.74) is 1.02. The third kappa shape index (κ3) is 3.26. The highest BCUT2D eigenvalue weighted by atomic mass is 32.1. The Bertz CT molecular complexity index is 305. The maximum Gasteiger partial charge on any atom is 0.0931 e. The zero-order chi connectivity index (χ0) is 10.7. The van der Waals surface area contributed by atoms with Crippen molar-refractivity contribution in [2.24, 2.45) is 5.92 Å². The van der Waals surface area contributed by atoms with Gasteiger partial charge in [-0.1, -0.05) is 0 Å². The lowest BCUT2D eigenvalue weighted by molar-refractivity contribution is 0.185. The molecule has 2 rings (SSSR count). The van der Waals surface area contributed by atoms with Crippen LogP contribution in [0.2, 0.25) is 0 Å². The molecule has 1 aromatic heterocycles. The third-order valence-corrected chi connectivity index (χ3v) is 3.51. The molecule has 84 valence electrons. The van der Waals surface area contributed by atoms with Gasteiger partial charge in [-0.25, -0.2) is 4.98 Å². The first-order valence-electron chi connectivity index (χ1n) is 5.43. The molecule has 1 saturated heterocycles. The molecule has 3 nitrogen and oxygen atoms in total. The topological polar surface area (TPSA) is 42.4 Å². The molecule has 0 spiro atoms. The van der Waals surface area contributed by atoms with Crippen molar-refractivity contribution < 1.29 is 9.84 Å². The van der Waals surface area contributed by atoms with Crippen molar-refractivity contribution in [3.63, 3.8) is 0 Å². The van der Waals surface area contributed by atoms with Crippen molar-refractivity contribution in [1.82, 2.24) is 4.98 Å². The molecule has 0 saturated carbocycles. The average Bonchev–Trinajstić information content (AvgIpc) is 2.77. The van der Waals surface area contributed by atoms with E-state index in [2.05, 4.69) is 10.4 Å². The molecule has 1 aliphatic rings. The van der Waals surface area contributed by atoms with E-state index in [0.29, 0.717) is 12.3 Å². The van der Waals surface area contributed by atoms with Gasteiger partial charge in [0.2, 0.25) is 0 Å². The van der Waals surface area contributed by atoms with Crippen LogP contribution < -0.4 is 0 Å². The molecule has 15 heavy (non-hydrogen) atoms. The number of hydrogen-bond donors (Lipinski definition) is 1. The Hall–Kier alpha value is -0.450. The molecular weight excluding hydrogens is 210 g/mol. The van der Waals surface area contributed by atoms with E-state index in [1.807, 2.05) is 0 Å². The summed E-state index contributed by atoms with van der Waals surface area (Å²) in [5.74, 6) is 0.649. The zero-order valence-corrected chi connectivity index (χ0v) is 9.80. The van der Waals surface area contributed by atoms with Crippen molar-refractivity contribution in [2.75, 3.05) is 13.2 Å². The summed E-state index contributed by atoms with van der Waals surface area (Å²) in [7, 11) is 0. The standard InChI is InChI=1S/C11H17NO2S/c1-8(13)4-10-7-15-11(12-10)5-9-2-3-14-6-9/h7-9,13H,2-6H2,1H3. The maximum absolute atomic E-state index is 9.24. The van der Waals surface area contributed by atoms with Crippen LogP contribution in [0.5, 0.6) is 0 Å². The van der Waals surface area contributed by atoms with Crippen molar-refractivity contribution >= 4 is 11.3 Å². The Morgan fingerprint density at radius 2 is 2.60 bits per heavy atom. The van der Waals surface area contributed by atoms with Gasteiger partial charge in [0.05, 0.1) is 16.8 Å². The van der Waals surface area contributed by atoms with Gasteiger partial charge in [-0.2, -0.15) is 0 Å². The summed E-state index contributed by atoms with van der Waals surface area (Å²) < 4.78 is 5.34. The fraction of sp³-hybridized carbons (Fsp3) is 0.727. The maximum atomic E-state index is 9.24. The van der Waals surface area contributed by atoms with Crippen LogP contribution >= 0.6 is 11.3 Å². The number of thiazole rings is 1. The largest absolute Gasteiger partial charge is 0.393 e. The molecule has 1 aromatic rings. The summed E-state index contributed by atoms with van der Waals surface area (Å²) in [6, 6.07) is 0. The number of hydrogen-bond acceptors (Lipinski definition) is 4. The zero-order valence-electron chi connectivity index (χ0n) is 8.98. The van der Waals surface area contributed by atoms with Gasteiger partial charge in [0.1, 0.15) is 0 Å². The van der Waals surface area contributed by atoms with E-state index in [4.69, 9.17) is 4.74 Å². The van der Waals surface area contributed by atoms with Gasteiger partial charge in [0.15, 0.2) is 0 Å². The van der Waals surface area contributed by atoms with Gasteiger partial charge in [-0.05, 0) is 19.3 Å². The van der Waals surface area contributed by atoms with Gasteiger partial charge in [0, 0.05) is 31.4 Å². The molecule has 0 radical (unpaired) electrons. The van der Waals surface area contributed by atoms with E-state index in [1.54, 1.807) is 18.3 Å². The van der Waals surface area contributed by atoms with Crippen LogP contribution in [-0.4, -0.2) is 29.4 Å². The van der Waals surface area contributed by atoms with Crippen LogP contribution in [-0.2, 0) is 17.6 Å². The predicted octanol–water partition coefficient (Wildman–Crippen LogP) is 1.65. The van der Waals surface area contributed by atoms with Crippen LogP contribution in [0.3, 0.4) is 0 Å². The molecule has 1 N–H and O–H groups in total. The minimum atomic E-state index is -0.297. The molecule has 1 fully saturated rings. The second-order valence-corrected chi connectivity index (χ2v) is 5.16. The van der Waals surface area contributed by atoms with Crippen LogP contribution in [0.25, 0.3) is 0 Å². The summed E-state index contributed by atoms with van der Waals surface area (Å²) in [6.45, 7) is 3.58. The smallest absolute Gasteiger partial charge is 0.0931 e. The predicted molar refractivity (Wildman–Crippen MR) is 60.1 cm³/mol. The molecule has 2 unspecified atom stereocenters. The highest BCUT2D eigenvalue weighted by Gasteiger charge is 2.17. The Morgan fingerprint density at radius 3 is 3.27 bits per heavy atom. The second-order valence-electron chi connectivity index (χ2n) is 4.22. The Morgan fingerprint density at radius 1 is 1.73 bits per heavy atom. The van der Waals surface area contributed by atoms with Gasteiger partial charge in [-0.15, -0.1) is 11.3 Å². The van der Waals surface area contributed by atoms with Crippen LogP contribution in [0.15, 0.2) is 5.38 Å². The number of aromatic nitrogens is 1. The van der Waals surface area contributed by atoms with Crippen molar-refractivity contribution in [3.05, 3.63) is 16.1 Å². The van der Waals surface area contributed by atoms with E-state index in [0.717, 1.165) is 31.7 Å². The van der Waals surface area contributed by atoms with Gasteiger partial charge < -0.3 is 9.84 Å². The van der Waals surface area contributed by atoms with Crippen molar-refractivity contribution in [3.8, 4) is 0 Å². The van der Waals surface area contributed by atoms with Gasteiger partial charge in [0.25, 0.3) is 0 Å². The quantitative estimate of drug-likeness (QED) is 0.850. The van der Waals surface area contributed by atoms with Crippen molar-refractivity contribution in [1.29, 1.82) is 0 Å². The summed E-state index contributed by atoms with van der Waals surface area (Å²) >= 11 is 1.70. The molecule has 2 heterocycles. The molecule has 0 bridgehead atoms. The summed E-state index contributed by atoms with van der Waals surface area (Å²) in [4.78, 5) is 4.52. The van der Waals surface area contributed by atoms with Crippen molar-refractivity contribution in [2.45, 2.75) is 32.3 Å². The minimum Gasteiger partial charge on any atom is -0.393 e. The minimum absolute atomic E-state index is 0.297. The number of aliphatic hydroxyl groups excluding tert-OH is 1. The first-order chi connectivity index (χ1) is 7.24. The van der Waals surface area contributed by atoms with Gasteiger partial charge >= 0.3 is 0 Å². The van der Waals surface area contributed by atoms with E-state index >= 15 is 0 Å². The highest BCUT2D eigenvalue weighted by molar-refractivity contribution is 7.09. The molecule has 0 amide bonds. The Labute approximate surface area is 94.1 Å². The lowest BCUT2D eigenvalue weighted by Crippen LogP contribution is -2.06. The Balaban J connectivity index is 1.88. The van der Waals surface area contributed by atoms with Crippen LogP contribution in [0.4, 0.5) is 0 Å². The normalized spacial score (nSPS) is 23.2. The summed E-state index contributed by atoms with van der Waals surface area (Å²) in [5, 5.41) is 12.5. The second kappa shape index (κ2) is 5.05. The van der Waals surface area contributed by atoms with E-state index in [1.165, 1.54) is 5.01 Å². The third-order valence-electron chi connectivity index (χ3n) is 2.59. The number of aliphatic hydroxyl groups is 1. The first kappa shape index (κ1) is 11.0.